The van der Waals surface area contributed by atoms with E-state index in [-0.39, 0.29) is 0 Å². The third-order valence-corrected chi connectivity index (χ3v) is 3.77. The van der Waals surface area contributed by atoms with Gasteiger partial charge in [-0.25, -0.2) is 0 Å². The fourth-order valence-electron chi connectivity index (χ4n) is 1.46. The molecule has 0 spiro atoms. The van der Waals surface area contributed by atoms with Crippen LogP contribution in [0, 0.1) is 17.8 Å². The monoisotopic (exact) mass is 227 g/mol. The van der Waals surface area contributed by atoms with Crippen molar-refractivity contribution in [1.82, 2.24) is 0 Å². The highest BCUT2D eigenvalue weighted by Crippen LogP contribution is 2.23. The van der Waals surface area contributed by atoms with Crippen molar-refractivity contribution < 1.29 is 0 Å². The second-order valence-corrected chi connectivity index (χ2v) is 5.34. The maximum absolute atomic E-state index is 4.47. The highest BCUT2D eigenvalue weighted by Gasteiger charge is 2.15. The predicted octanol–water partition coefficient (Wildman–Crippen LogP) is 4.60. The molecule has 0 heterocycles. The maximum atomic E-state index is 4.47. The zero-order chi connectivity index (χ0) is 11.8. The van der Waals surface area contributed by atoms with Crippen LogP contribution in [0.2, 0.25) is 0 Å². The molecule has 0 bridgehead atoms. The van der Waals surface area contributed by atoms with E-state index in [1.807, 2.05) is 19.2 Å². The summed E-state index contributed by atoms with van der Waals surface area (Å²) in [6, 6.07) is 0. The first-order chi connectivity index (χ1) is 7.02. The summed E-state index contributed by atoms with van der Waals surface area (Å²) >= 11 is 1.77. The number of nitrogens with zero attached hydrogens (tertiary/aromatic N) is 1. The van der Waals surface area contributed by atoms with Crippen molar-refractivity contribution in [2.75, 3.05) is 6.26 Å². The summed E-state index contributed by atoms with van der Waals surface area (Å²) in [4.78, 5) is 4.47. The molecule has 0 radical (unpaired) electrons. The first-order valence-corrected chi connectivity index (χ1v) is 6.98. The largest absolute Gasteiger partial charge is 0.255 e. The van der Waals surface area contributed by atoms with E-state index in [0.717, 1.165) is 11.8 Å². The second-order valence-electron chi connectivity index (χ2n) is 4.51. The number of hydrogen-bond acceptors (Lipinski definition) is 2. The number of rotatable bonds is 5. The van der Waals surface area contributed by atoms with Gasteiger partial charge >= 0.3 is 0 Å². The molecular weight excluding hydrogens is 202 g/mol. The summed E-state index contributed by atoms with van der Waals surface area (Å²) in [5.41, 5.74) is 0. The minimum atomic E-state index is 0.577. The van der Waals surface area contributed by atoms with E-state index in [9.17, 15) is 0 Å². The van der Waals surface area contributed by atoms with Crippen molar-refractivity contribution in [3.8, 4) is 0 Å². The van der Waals surface area contributed by atoms with Crippen molar-refractivity contribution in [2.24, 2.45) is 22.7 Å². The van der Waals surface area contributed by atoms with Crippen molar-refractivity contribution in [3.63, 3.8) is 0 Å². The molecule has 2 heteroatoms. The highest BCUT2D eigenvalue weighted by molar-refractivity contribution is 8.13. The molecule has 0 aromatic heterocycles. The van der Waals surface area contributed by atoms with Gasteiger partial charge < -0.3 is 0 Å². The van der Waals surface area contributed by atoms with E-state index in [1.54, 1.807) is 11.8 Å². The van der Waals surface area contributed by atoms with Crippen molar-refractivity contribution in [3.05, 3.63) is 12.3 Å². The van der Waals surface area contributed by atoms with E-state index in [1.165, 1.54) is 11.5 Å². The van der Waals surface area contributed by atoms with Crippen LogP contribution < -0.4 is 0 Å². The first kappa shape index (κ1) is 14.8. The van der Waals surface area contributed by atoms with Gasteiger partial charge in [-0.2, -0.15) is 0 Å². The van der Waals surface area contributed by atoms with Crippen LogP contribution in [0.4, 0.5) is 0 Å². The van der Waals surface area contributed by atoms with Crippen molar-refractivity contribution >= 4 is 16.8 Å². The quantitative estimate of drug-likeness (QED) is 0.494. The Labute approximate surface area is 99.4 Å². The predicted molar refractivity (Wildman–Crippen MR) is 73.5 cm³/mol. The van der Waals surface area contributed by atoms with Gasteiger partial charge in [-0.3, -0.25) is 4.99 Å². The molecule has 0 aliphatic rings. The van der Waals surface area contributed by atoms with Gasteiger partial charge in [0.15, 0.2) is 0 Å². The molecule has 0 N–H and O–H groups in total. The topological polar surface area (TPSA) is 12.4 Å². The Morgan fingerprint density at radius 1 is 1.27 bits per heavy atom. The van der Waals surface area contributed by atoms with Crippen LogP contribution in [0.15, 0.2) is 17.3 Å². The summed E-state index contributed by atoms with van der Waals surface area (Å²) in [6.07, 6.45) is 7.21. The van der Waals surface area contributed by atoms with Gasteiger partial charge in [0.05, 0.1) is 5.04 Å². The lowest BCUT2D eigenvalue weighted by molar-refractivity contribution is 0.368. The Hall–Kier alpha value is -0.240. The minimum Gasteiger partial charge on any atom is -0.255 e. The van der Waals surface area contributed by atoms with Gasteiger partial charge in [-0.15, -0.1) is 11.8 Å². The number of thioether (sulfide) groups is 1. The Kier molecular flexibility index (Phi) is 7.85. The molecule has 0 saturated heterocycles. The summed E-state index contributed by atoms with van der Waals surface area (Å²) in [6.45, 7) is 11.2. The van der Waals surface area contributed by atoms with E-state index in [0.29, 0.717) is 5.92 Å². The Morgan fingerprint density at radius 2 is 1.87 bits per heavy atom. The van der Waals surface area contributed by atoms with Crippen LogP contribution in [0.1, 0.15) is 41.0 Å². The third kappa shape index (κ3) is 6.03. The third-order valence-electron chi connectivity index (χ3n) is 2.84. The van der Waals surface area contributed by atoms with Crippen molar-refractivity contribution in [1.29, 1.82) is 0 Å². The number of hydrogen-bond donors (Lipinski definition) is 0. The number of aliphatic imine (C=N–C) groups is 1. The fraction of sp³-hybridized carbons (Fsp3) is 0.769. The smallest absolute Gasteiger partial charge is 0.0756 e. The molecule has 2 unspecified atom stereocenters. The highest BCUT2D eigenvalue weighted by atomic mass is 32.2. The van der Waals surface area contributed by atoms with Gasteiger partial charge in [-0.05, 0) is 31.4 Å². The molecule has 15 heavy (non-hydrogen) atoms. The molecule has 0 aliphatic carbocycles. The van der Waals surface area contributed by atoms with E-state index in [2.05, 4.69) is 38.9 Å². The van der Waals surface area contributed by atoms with Crippen LogP contribution in [0.3, 0.4) is 0 Å². The molecule has 1 nitrogen and oxygen atoms in total. The molecule has 0 aromatic rings. The molecule has 0 amide bonds. The standard InChI is InChI=1S/C13H25NS/c1-7-8-14-13(15-6)12(5)9-11(4)10(2)3/h7-8,10-12H,9H2,1-6H3/b8-7-,14-13-. The van der Waals surface area contributed by atoms with Crippen molar-refractivity contribution in [2.45, 2.75) is 41.0 Å². The minimum absolute atomic E-state index is 0.577. The summed E-state index contributed by atoms with van der Waals surface area (Å²) in [7, 11) is 0. The number of allylic oxidation sites excluding steroid dienone is 1. The van der Waals surface area contributed by atoms with Gasteiger partial charge in [0.2, 0.25) is 0 Å². The zero-order valence-electron chi connectivity index (χ0n) is 10.9. The molecule has 0 fully saturated rings. The molecular formula is C13H25NS. The van der Waals surface area contributed by atoms with Crippen LogP contribution in [0.25, 0.3) is 0 Å². The van der Waals surface area contributed by atoms with Gasteiger partial charge in [0.1, 0.15) is 0 Å². The van der Waals surface area contributed by atoms with Gasteiger partial charge in [0.25, 0.3) is 0 Å². The normalized spacial score (nSPS) is 17.4. The summed E-state index contributed by atoms with van der Waals surface area (Å²) in [5.74, 6) is 2.11. The maximum Gasteiger partial charge on any atom is 0.0756 e. The zero-order valence-corrected chi connectivity index (χ0v) is 11.8. The molecule has 88 valence electrons. The summed E-state index contributed by atoms with van der Waals surface area (Å²) in [5, 5.41) is 1.25. The van der Waals surface area contributed by atoms with E-state index >= 15 is 0 Å². The van der Waals surface area contributed by atoms with Crippen LogP contribution in [-0.2, 0) is 0 Å². The first-order valence-electron chi connectivity index (χ1n) is 5.75. The SMILES string of the molecule is C/C=C\N=C(/SC)C(C)CC(C)C(C)C. The molecule has 0 rings (SSSR count). The summed E-state index contributed by atoms with van der Waals surface area (Å²) < 4.78 is 0. The molecule has 2 atom stereocenters. The lowest BCUT2D eigenvalue weighted by atomic mass is 9.89. The second kappa shape index (κ2) is 7.98. The lowest BCUT2D eigenvalue weighted by Crippen LogP contribution is -2.14. The Morgan fingerprint density at radius 3 is 2.27 bits per heavy atom. The van der Waals surface area contributed by atoms with Crippen LogP contribution in [-0.4, -0.2) is 11.3 Å². The Bertz CT molecular complexity index is 219. The van der Waals surface area contributed by atoms with Gasteiger partial charge in [-0.1, -0.05) is 33.8 Å². The average Bonchev–Trinajstić information content (AvgIpc) is 2.18. The van der Waals surface area contributed by atoms with Crippen LogP contribution in [0.5, 0.6) is 0 Å². The van der Waals surface area contributed by atoms with Gasteiger partial charge in [0, 0.05) is 12.1 Å². The fourth-order valence-corrected chi connectivity index (χ4v) is 2.12. The van der Waals surface area contributed by atoms with E-state index < -0.39 is 0 Å². The average molecular weight is 227 g/mol. The lowest BCUT2D eigenvalue weighted by Gasteiger charge is -2.20. The van der Waals surface area contributed by atoms with Crippen LogP contribution >= 0.6 is 11.8 Å². The van der Waals surface area contributed by atoms with E-state index in [4.69, 9.17) is 0 Å². The Balaban J connectivity index is 4.33. The molecule has 0 aromatic carbocycles. The molecule has 0 aliphatic heterocycles. The molecule has 0 saturated carbocycles.